The van der Waals surface area contributed by atoms with Crippen molar-refractivity contribution in [2.45, 2.75) is 19.0 Å². The number of nitrogens with zero attached hydrogens (tertiary/aromatic N) is 4. The summed E-state index contributed by atoms with van der Waals surface area (Å²) in [5.74, 6) is 3.35. The quantitative estimate of drug-likeness (QED) is 0.470. The van der Waals surface area contributed by atoms with Gasteiger partial charge in [-0.25, -0.2) is 4.98 Å². The molecule has 0 amide bonds. The number of hydrogen-bond donors (Lipinski definition) is 2. The third-order valence-electron chi connectivity index (χ3n) is 5.75. The van der Waals surface area contributed by atoms with Crippen molar-refractivity contribution in [2.24, 2.45) is 12.0 Å². The molecule has 0 bridgehead atoms. The molecule has 1 unspecified atom stereocenters. The van der Waals surface area contributed by atoms with E-state index in [1.165, 1.54) is 0 Å². The number of nitrogens with one attached hydrogen (secondary N) is 2. The summed E-state index contributed by atoms with van der Waals surface area (Å²) in [5.41, 5.74) is 3.23. The molecule has 2 N–H and O–H groups in total. The van der Waals surface area contributed by atoms with Crippen molar-refractivity contribution in [3.05, 3.63) is 48.3 Å². The van der Waals surface area contributed by atoms with Gasteiger partial charge in [-0.3, -0.25) is 4.99 Å². The lowest BCUT2D eigenvalue weighted by molar-refractivity contribution is 0.394. The van der Waals surface area contributed by atoms with Crippen molar-refractivity contribution in [1.29, 1.82) is 0 Å². The summed E-state index contributed by atoms with van der Waals surface area (Å²) < 4.78 is 12.9. The van der Waals surface area contributed by atoms with Gasteiger partial charge in [-0.15, -0.1) is 0 Å². The van der Waals surface area contributed by atoms with Gasteiger partial charge in [0.2, 0.25) is 0 Å². The number of methoxy groups -OCH3 is 2. The number of benzene rings is 2. The fourth-order valence-electron chi connectivity index (χ4n) is 3.99. The molecule has 1 saturated heterocycles. The molecule has 0 spiro atoms. The lowest BCUT2D eigenvalue weighted by atomic mass is 10.2. The SMILES string of the molecule is CN=C(NCc1nc2ccccc2n1C)NC1CCN(c2cc(OC)cc(OC)c2)C1. The van der Waals surface area contributed by atoms with Crippen LogP contribution >= 0.6 is 0 Å². The Labute approximate surface area is 182 Å². The zero-order chi connectivity index (χ0) is 21.8. The molecule has 2 heterocycles. The summed E-state index contributed by atoms with van der Waals surface area (Å²) in [6, 6.07) is 14.4. The molecule has 8 nitrogen and oxygen atoms in total. The van der Waals surface area contributed by atoms with Crippen molar-refractivity contribution in [3.63, 3.8) is 0 Å². The van der Waals surface area contributed by atoms with Crippen LogP contribution in [0, 0.1) is 0 Å². The first-order valence-corrected chi connectivity index (χ1v) is 10.5. The molecular formula is C23H30N6O2. The van der Waals surface area contributed by atoms with Gasteiger partial charge in [0.15, 0.2) is 5.96 Å². The van der Waals surface area contributed by atoms with Gasteiger partial charge in [0.1, 0.15) is 17.3 Å². The van der Waals surface area contributed by atoms with E-state index in [4.69, 9.17) is 14.5 Å². The molecule has 31 heavy (non-hydrogen) atoms. The van der Waals surface area contributed by atoms with E-state index in [9.17, 15) is 0 Å². The first kappa shape index (κ1) is 20.8. The third-order valence-corrected chi connectivity index (χ3v) is 5.75. The minimum Gasteiger partial charge on any atom is -0.497 e. The number of aromatic nitrogens is 2. The molecule has 1 aromatic heterocycles. The largest absolute Gasteiger partial charge is 0.497 e. The smallest absolute Gasteiger partial charge is 0.191 e. The van der Waals surface area contributed by atoms with Crippen molar-refractivity contribution >= 4 is 22.7 Å². The lowest BCUT2D eigenvalue weighted by Crippen LogP contribution is -2.44. The highest BCUT2D eigenvalue weighted by Crippen LogP contribution is 2.30. The Morgan fingerprint density at radius 3 is 2.58 bits per heavy atom. The molecule has 164 valence electrons. The highest BCUT2D eigenvalue weighted by atomic mass is 16.5. The first-order valence-electron chi connectivity index (χ1n) is 10.5. The molecule has 1 aliphatic rings. The maximum atomic E-state index is 5.41. The van der Waals surface area contributed by atoms with E-state index in [1.807, 2.05) is 43.4 Å². The molecule has 1 atom stereocenters. The maximum Gasteiger partial charge on any atom is 0.191 e. The Balaban J connectivity index is 1.37. The summed E-state index contributed by atoms with van der Waals surface area (Å²) >= 11 is 0. The number of rotatable bonds is 6. The number of aryl methyl sites for hydroxylation is 1. The number of imidazole rings is 1. The number of guanidine groups is 1. The average Bonchev–Trinajstić information content (AvgIpc) is 3.41. The predicted molar refractivity (Wildman–Crippen MR) is 124 cm³/mol. The van der Waals surface area contributed by atoms with Gasteiger partial charge in [-0.1, -0.05) is 12.1 Å². The minimum absolute atomic E-state index is 0.295. The van der Waals surface area contributed by atoms with E-state index < -0.39 is 0 Å². The molecule has 0 radical (unpaired) electrons. The summed E-state index contributed by atoms with van der Waals surface area (Å²) in [6.45, 7) is 2.44. The second-order valence-electron chi connectivity index (χ2n) is 7.65. The molecular weight excluding hydrogens is 392 g/mol. The van der Waals surface area contributed by atoms with Gasteiger partial charge in [-0.2, -0.15) is 0 Å². The topological polar surface area (TPSA) is 75.9 Å². The van der Waals surface area contributed by atoms with Gasteiger partial charge < -0.3 is 29.6 Å². The van der Waals surface area contributed by atoms with Crippen LogP contribution in [0.1, 0.15) is 12.2 Å². The maximum absolute atomic E-state index is 5.41. The highest BCUT2D eigenvalue weighted by Gasteiger charge is 2.24. The fourth-order valence-corrected chi connectivity index (χ4v) is 3.99. The third kappa shape index (κ3) is 4.52. The summed E-state index contributed by atoms with van der Waals surface area (Å²) in [7, 11) is 7.18. The zero-order valence-corrected chi connectivity index (χ0v) is 18.6. The van der Waals surface area contributed by atoms with E-state index >= 15 is 0 Å². The first-order chi connectivity index (χ1) is 15.1. The molecule has 4 rings (SSSR count). The Morgan fingerprint density at radius 2 is 1.90 bits per heavy atom. The number of ether oxygens (including phenoxy) is 2. The minimum atomic E-state index is 0.295. The second-order valence-corrected chi connectivity index (χ2v) is 7.65. The standard InChI is InChI=1S/C23H30N6O2/c1-24-23(25-14-22-27-20-7-5-6-8-21(20)28(22)2)26-16-9-10-29(15-16)17-11-18(30-3)13-19(12-17)31-4/h5-8,11-13,16H,9-10,14-15H2,1-4H3,(H2,24,25,26). The van der Waals surface area contributed by atoms with Crippen LogP contribution < -0.4 is 25.0 Å². The second kappa shape index (κ2) is 9.16. The number of para-hydroxylation sites is 2. The van der Waals surface area contributed by atoms with Crippen LogP contribution in [0.25, 0.3) is 11.0 Å². The molecule has 0 saturated carbocycles. The fraction of sp³-hybridized carbons (Fsp3) is 0.391. The monoisotopic (exact) mass is 422 g/mol. The van der Waals surface area contributed by atoms with E-state index in [0.717, 1.165) is 59.5 Å². The predicted octanol–water partition coefficient (Wildman–Crippen LogP) is 2.53. The van der Waals surface area contributed by atoms with Crippen molar-refractivity contribution < 1.29 is 9.47 Å². The molecule has 3 aromatic rings. The van der Waals surface area contributed by atoms with E-state index in [0.29, 0.717) is 12.6 Å². The van der Waals surface area contributed by atoms with Gasteiger partial charge >= 0.3 is 0 Å². The van der Waals surface area contributed by atoms with E-state index in [1.54, 1.807) is 21.3 Å². The number of anilines is 1. The number of hydrogen-bond acceptors (Lipinski definition) is 5. The summed E-state index contributed by atoms with van der Waals surface area (Å²) in [6.07, 6.45) is 1.02. The van der Waals surface area contributed by atoms with Crippen LogP contribution in [0.5, 0.6) is 11.5 Å². The Hall–Kier alpha value is -3.42. The number of fused-ring (bicyclic) bond motifs is 1. The van der Waals surface area contributed by atoms with Crippen molar-refractivity contribution in [3.8, 4) is 11.5 Å². The van der Waals surface area contributed by atoms with Gasteiger partial charge in [0, 0.05) is 57.1 Å². The summed E-state index contributed by atoms with van der Waals surface area (Å²) in [5, 5.41) is 6.95. The van der Waals surface area contributed by atoms with E-state index in [2.05, 4.69) is 31.2 Å². The number of aliphatic imine (C=N–C) groups is 1. The molecule has 1 fully saturated rings. The average molecular weight is 423 g/mol. The lowest BCUT2D eigenvalue weighted by Gasteiger charge is -2.21. The molecule has 1 aliphatic heterocycles. The summed E-state index contributed by atoms with van der Waals surface area (Å²) in [4.78, 5) is 11.5. The van der Waals surface area contributed by atoms with Crippen molar-refractivity contribution in [2.75, 3.05) is 39.3 Å². The van der Waals surface area contributed by atoms with Crippen LogP contribution in [0.3, 0.4) is 0 Å². The van der Waals surface area contributed by atoms with Crippen LogP contribution in [-0.4, -0.2) is 55.9 Å². The highest BCUT2D eigenvalue weighted by molar-refractivity contribution is 5.80. The van der Waals surface area contributed by atoms with Gasteiger partial charge in [0.05, 0.1) is 31.8 Å². The van der Waals surface area contributed by atoms with Crippen LogP contribution in [0.4, 0.5) is 5.69 Å². The van der Waals surface area contributed by atoms with Gasteiger partial charge in [0.25, 0.3) is 0 Å². The molecule has 2 aromatic carbocycles. The van der Waals surface area contributed by atoms with E-state index in [-0.39, 0.29) is 0 Å². The Bertz CT molecular complexity index is 1050. The van der Waals surface area contributed by atoms with Crippen LogP contribution in [0.15, 0.2) is 47.5 Å². The normalized spacial score (nSPS) is 16.6. The zero-order valence-electron chi connectivity index (χ0n) is 18.6. The van der Waals surface area contributed by atoms with Crippen molar-refractivity contribution in [1.82, 2.24) is 20.2 Å². The Kier molecular flexibility index (Phi) is 6.16. The van der Waals surface area contributed by atoms with Crippen LogP contribution in [0.2, 0.25) is 0 Å². The Morgan fingerprint density at radius 1 is 1.16 bits per heavy atom. The molecule has 8 heteroatoms. The molecule has 0 aliphatic carbocycles. The van der Waals surface area contributed by atoms with Gasteiger partial charge in [-0.05, 0) is 18.6 Å². The van der Waals surface area contributed by atoms with Crippen LogP contribution in [-0.2, 0) is 13.6 Å².